The van der Waals surface area contributed by atoms with Crippen LogP contribution >= 0.6 is 24.0 Å². The number of unbranched alkanes of at least 4 members (excludes halogenated alkanes) is 1. The van der Waals surface area contributed by atoms with Crippen LogP contribution in [0.15, 0.2) is 4.99 Å². The van der Waals surface area contributed by atoms with Crippen molar-refractivity contribution < 1.29 is 18.0 Å². The van der Waals surface area contributed by atoms with Crippen molar-refractivity contribution in [3.05, 3.63) is 0 Å². The molecule has 2 saturated heterocycles. The third kappa shape index (κ3) is 10.2. The number of likely N-dealkylation sites (tertiary alicyclic amines) is 1. The van der Waals surface area contributed by atoms with E-state index in [9.17, 15) is 18.0 Å². The Labute approximate surface area is 189 Å². The molecule has 0 bridgehead atoms. The lowest BCUT2D eigenvalue weighted by molar-refractivity contribution is -0.135. The van der Waals surface area contributed by atoms with Crippen LogP contribution in [-0.4, -0.2) is 91.6 Å². The van der Waals surface area contributed by atoms with E-state index < -0.39 is 12.6 Å². The zero-order valence-corrected chi connectivity index (χ0v) is 19.7. The molecule has 0 spiro atoms. The van der Waals surface area contributed by atoms with Crippen LogP contribution in [0.3, 0.4) is 0 Å². The maximum atomic E-state index is 12.4. The zero-order chi connectivity index (χ0) is 20.4. The van der Waals surface area contributed by atoms with Crippen molar-refractivity contribution in [3.63, 3.8) is 0 Å². The summed E-state index contributed by atoms with van der Waals surface area (Å²) in [5, 5.41) is 3.23. The number of aliphatic imine (C=N–C) groups is 1. The lowest BCUT2D eigenvalue weighted by Gasteiger charge is -2.37. The van der Waals surface area contributed by atoms with Gasteiger partial charge >= 0.3 is 6.18 Å². The number of alkyl halides is 3. The van der Waals surface area contributed by atoms with Crippen molar-refractivity contribution >= 4 is 35.8 Å². The van der Waals surface area contributed by atoms with Crippen molar-refractivity contribution in [1.29, 1.82) is 0 Å². The molecular formula is C19H35F3IN5O. The van der Waals surface area contributed by atoms with E-state index in [1.807, 2.05) is 11.8 Å². The second-order valence-electron chi connectivity index (χ2n) is 7.51. The maximum absolute atomic E-state index is 12.4. The first-order chi connectivity index (χ1) is 13.4. The average molecular weight is 533 g/mol. The minimum absolute atomic E-state index is 0. The van der Waals surface area contributed by atoms with Gasteiger partial charge in [0.15, 0.2) is 5.96 Å². The number of piperazine rings is 1. The zero-order valence-electron chi connectivity index (χ0n) is 17.3. The van der Waals surface area contributed by atoms with Crippen LogP contribution in [0.5, 0.6) is 0 Å². The molecule has 0 unspecified atom stereocenters. The highest BCUT2D eigenvalue weighted by molar-refractivity contribution is 14.0. The highest BCUT2D eigenvalue weighted by Crippen LogP contribution is 2.22. The molecule has 0 aromatic carbocycles. The van der Waals surface area contributed by atoms with Crippen LogP contribution in [0, 0.1) is 0 Å². The number of carbonyl (C=O) groups is 1. The largest absolute Gasteiger partial charge is 0.389 e. The monoisotopic (exact) mass is 533 g/mol. The lowest BCUT2D eigenvalue weighted by atomic mass is 10.1. The summed E-state index contributed by atoms with van der Waals surface area (Å²) in [7, 11) is 0. The van der Waals surface area contributed by atoms with Crippen LogP contribution < -0.4 is 5.32 Å². The number of hydrogen-bond donors (Lipinski definition) is 1. The van der Waals surface area contributed by atoms with Gasteiger partial charge < -0.3 is 15.1 Å². The molecule has 1 amide bonds. The molecule has 6 nitrogen and oxygen atoms in total. The number of nitrogens with zero attached hydrogens (tertiary/aromatic N) is 4. The molecule has 0 atom stereocenters. The summed E-state index contributed by atoms with van der Waals surface area (Å²) in [6.45, 7) is 8.43. The molecular weight excluding hydrogens is 498 g/mol. The number of piperidine rings is 1. The van der Waals surface area contributed by atoms with Gasteiger partial charge in [-0.25, -0.2) is 0 Å². The third-order valence-electron chi connectivity index (χ3n) is 5.20. The van der Waals surface area contributed by atoms with Crippen molar-refractivity contribution in [1.82, 2.24) is 20.0 Å². The van der Waals surface area contributed by atoms with Gasteiger partial charge in [-0.3, -0.25) is 14.7 Å². The Hall–Kier alpha value is -0.780. The third-order valence-corrected chi connectivity index (χ3v) is 5.20. The predicted molar refractivity (Wildman–Crippen MR) is 120 cm³/mol. The topological polar surface area (TPSA) is 51.2 Å². The fraction of sp³-hybridized carbons (Fsp3) is 0.895. The molecule has 0 aromatic heterocycles. The smallest absolute Gasteiger partial charge is 0.357 e. The van der Waals surface area contributed by atoms with Gasteiger partial charge in [0.05, 0.1) is 6.54 Å². The highest BCUT2D eigenvalue weighted by atomic mass is 127. The minimum Gasteiger partial charge on any atom is -0.357 e. The fourth-order valence-electron chi connectivity index (χ4n) is 3.60. The van der Waals surface area contributed by atoms with E-state index in [0.29, 0.717) is 19.5 Å². The van der Waals surface area contributed by atoms with Crippen LogP contribution in [0.2, 0.25) is 0 Å². The minimum atomic E-state index is -4.09. The summed E-state index contributed by atoms with van der Waals surface area (Å²) >= 11 is 0. The first-order valence-electron chi connectivity index (χ1n) is 10.5. The first kappa shape index (κ1) is 26.3. The van der Waals surface area contributed by atoms with E-state index in [0.717, 1.165) is 64.6 Å². The Bertz CT molecular complexity index is 505. The van der Waals surface area contributed by atoms with Gasteiger partial charge in [-0.05, 0) is 39.0 Å². The average Bonchev–Trinajstić information content (AvgIpc) is 2.67. The molecule has 2 aliphatic heterocycles. The number of halogens is 4. The van der Waals surface area contributed by atoms with Gasteiger partial charge in [0.2, 0.25) is 5.91 Å². The van der Waals surface area contributed by atoms with Gasteiger partial charge in [0.1, 0.15) is 0 Å². The summed E-state index contributed by atoms with van der Waals surface area (Å²) in [6.07, 6.45) is -0.877. The quantitative estimate of drug-likeness (QED) is 0.237. The molecule has 2 fully saturated rings. The van der Waals surface area contributed by atoms with Crippen LogP contribution in [-0.2, 0) is 4.79 Å². The fourth-order valence-corrected chi connectivity index (χ4v) is 3.60. The molecule has 0 aliphatic carbocycles. The van der Waals surface area contributed by atoms with E-state index >= 15 is 0 Å². The Balaban J connectivity index is 0.00000420. The van der Waals surface area contributed by atoms with Crippen molar-refractivity contribution in [2.24, 2.45) is 4.99 Å². The van der Waals surface area contributed by atoms with Crippen molar-refractivity contribution in [2.45, 2.75) is 51.6 Å². The number of hydrogen-bond acceptors (Lipinski definition) is 3. The Morgan fingerprint density at radius 1 is 0.966 bits per heavy atom. The van der Waals surface area contributed by atoms with E-state index in [1.165, 1.54) is 6.42 Å². The molecule has 0 radical (unpaired) electrons. The summed E-state index contributed by atoms with van der Waals surface area (Å²) in [4.78, 5) is 23.2. The molecule has 2 aliphatic rings. The van der Waals surface area contributed by atoms with E-state index in [-0.39, 0.29) is 36.3 Å². The molecule has 2 heterocycles. The molecule has 29 heavy (non-hydrogen) atoms. The van der Waals surface area contributed by atoms with Crippen LogP contribution in [0.4, 0.5) is 13.2 Å². The van der Waals surface area contributed by atoms with Crippen LogP contribution in [0.1, 0.15) is 45.4 Å². The van der Waals surface area contributed by atoms with Gasteiger partial charge in [-0.2, -0.15) is 13.2 Å². The van der Waals surface area contributed by atoms with Gasteiger partial charge in [-0.1, -0.05) is 0 Å². The standard InChI is InChI=1S/C19H34F3N5O.HI/c1-2-23-18(24-9-5-4-8-19(20,21)22)27-14-12-25(13-15-27)16-17(28)26-10-6-3-7-11-26;/h2-16H2,1H3,(H,23,24);1H. The lowest BCUT2D eigenvalue weighted by Crippen LogP contribution is -2.54. The van der Waals surface area contributed by atoms with Gasteiger partial charge in [-0.15, -0.1) is 24.0 Å². The number of guanidine groups is 1. The SMILES string of the molecule is CCNC(=NCCCCC(F)(F)F)N1CCN(CC(=O)N2CCCCC2)CC1.I. The molecule has 0 saturated carbocycles. The Morgan fingerprint density at radius 3 is 2.21 bits per heavy atom. The highest BCUT2D eigenvalue weighted by Gasteiger charge is 2.26. The normalized spacial score (nSPS) is 19.1. The number of carbonyl (C=O) groups excluding carboxylic acids is 1. The molecule has 1 N–H and O–H groups in total. The summed E-state index contributed by atoms with van der Waals surface area (Å²) in [5.74, 6) is 0.981. The van der Waals surface area contributed by atoms with E-state index in [2.05, 4.69) is 20.1 Å². The van der Waals surface area contributed by atoms with Crippen molar-refractivity contribution in [3.8, 4) is 0 Å². The molecule has 170 valence electrons. The summed E-state index contributed by atoms with van der Waals surface area (Å²) in [6, 6.07) is 0. The van der Waals surface area contributed by atoms with Gasteiger partial charge in [0, 0.05) is 58.8 Å². The number of nitrogens with one attached hydrogen (secondary N) is 1. The molecule has 10 heteroatoms. The summed E-state index contributed by atoms with van der Waals surface area (Å²) in [5.41, 5.74) is 0. The Kier molecular flexibility index (Phi) is 12.2. The van der Waals surface area contributed by atoms with Crippen molar-refractivity contribution in [2.75, 3.05) is 58.9 Å². The van der Waals surface area contributed by atoms with Crippen LogP contribution in [0.25, 0.3) is 0 Å². The molecule has 2 rings (SSSR count). The maximum Gasteiger partial charge on any atom is 0.389 e. The predicted octanol–water partition coefficient (Wildman–Crippen LogP) is 2.93. The second kappa shape index (κ2) is 13.5. The van der Waals surface area contributed by atoms with E-state index in [4.69, 9.17) is 0 Å². The van der Waals surface area contributed by atoms with E-state index in [1.54, 1.807) is 0 Å². The number of rotatable bonds is 7. The Morgan fingerprint density at radius 2 is 1.62 bits per heavy atom. The van der Waals surface area contributed by atoms with Gasteiger partial charge in [0.25, 0.3) is 0 Å². The first-order valence-corrected chi connectivity index (χ1v) is 10.5. The molecule has 0 aromatic rings. The summed E-state index contributed by atoms with van der Waals surface area (Å²) < 4.78 is 36.6. The second-order valence-corrected chi connectivity index (χ2v) is 7.51. The number of amides is 1.